The van der Waals surface area contributed by atoms with Gasteiger partial charge in [-0.2, -0.15) is 0 Å². The Kier molecular flexibility index (Phi) is 8.29. The van der Waals surface area contributed by atoms with Crippen molar-refractivity contribution in [2.45, 2.75) is 31.7 Å². The van der Waals surface area contributed by atoms with Crippen molar-refractivity contribution in [1.29, 1.82) is 0 Å². The topological polar surface area (TPSA) is 71.1 Å². The van der Waals surface area contributed by atoms with Gasteiger partial charge in [0, 0.05) is 35.8 Å². The Balaban J connectivity index is 1.16. The molecule has 0 spiro atoms. The minimum Gasteiger partial charge on any atom is -0.497 e. The highest BCUT2D eigenvalue weighted by atomic mass is 35.5. The molecule has 2 aromatic carbocycles. The van der Waals surface area contributed by atoms with Crippen molar-refractivity contribution in [1.82, 2.24) is 9.80 Å². The fourth-order valence-electron chi connectivity index (χ4n) is 4.69. The van der Waals surface area contributed by atoms with E-state index >= 15 is 0 Å². The van der Waals surface area contributed by atoms with Gasteiger partial charge in [-0.3, -0.25) is 9.59 Å². The fourth-order valence-corrected chi connectivity index (χ4v) is 4.82. The zero-order chi connectivity index (χ0) is 23.9. The van der Waals surface area contributed by atoms with Gasteiger partial charge in [-0.05, 0) is 87.3 Å². The van der Waals surface area contributed by atoms with Crippen molar-refractivity contribution in [2.24, 2.45) is 5.92 Å². The van der Waals surface area contributed by atoms with Crippen molar-refractivity contribution in [3.63, 3.8) is 0 Å². The van der Waals surface area contributed by atoms with Crippen molar-refractivity contribution in [2.75, 3.05) is 45.2 Å². The molecule has 4 rings (SSSR count). The van der Waals surface area contributed by atoms with E-state index in [1.165, 1.54) is 0 Å². The molecule has 2 fully saturated rings. The second-order valence-electron chi connectivity index (χ2n) is 8.88. The van der Waals surface area contributed by atoms with Crippen LogP contribution in [0.15, 0.2) is 48.5 Å². The minimum atomic E-state index is 0.0160. The van der Waals surface area contributed by atoms with E-state index in [9.17, 15) is 9.59 Å². The van der Waals surface area contributed by atoms with Crippen LogP contribution in [0.4, 0.5) is 5.69 Å². The van der Waals surface area contributed by atoms with Gasteiger partial charge in [0.2, 0.25) is 5.91 Å². The number of nitrogens with zero attached hydrogens (tertiary/aromatic N) is 2. The number of likely N-dealkylation sites (tertiary alicyclic amines) is 2. The maximum atomic E-state index is 12.7. The molecule has 182 valence electrons. The number of hydrogen-bond donors (Lipinski definition) is 1. The molecule has 0 unspecified atom stereocenters. The van der Waals surface area contributed by atoms with Gasteiger partial charge in [0.05, 0.1) is 7.11 Å². The van der Waals surface area contributed by atoms with E-state index in [1.807, 2.05) is 29.2 Å². The quantitative estimate of drug-likeness (QED) is 0.640. The summed E-state index contributed by atoms with van der Waals surface area (Å²) in [6.45, 7) is 3.36. The van der Waals surface area contributed by atoms with Crippen LogP contribution in [-0.4, -0.2) is 67.6 Å². The Morgan fingerprint density at radius 1 is 0.912 bits per heavy atom. The third-order valence-corrected chi connectivity index (χ3v) is 7.02. The molecule has 2 aliphatic rings. The monoisotopic (exact) mass is 485 g/mol. The van der Waals surface area contributed by atoms with E-state index in [1.54, 1.807) is 31.4 Å². The summed E-state index contributed by atoms with van der Waals surface area (Å²) < 4.78 is 10.8. The normalized spacial score (nSPS) is 17.9. The molecule has 7 nitrogen and oxygen atoms in total. The molecule has 0 aromatic heterocycles. The summed E-state index contributed by atoms with van der Waals surface area (Å²) in [5, 5.41) is 3.67. The summed E-state index contributed by atoms with van der Waals surface area (Å²) in [6, 6.07) is 14.9. The van der Waals surface area contributed by atoms with Crippen LogP contribution in [0.1, 0.15) is 25.7 Å². The average molecular weight is 486 g/mol. The highest BCUT2D eigenvalue weighted by Crippen LogP contribution is 2.26. The van der Waals surface area contributed by atoms with Crippen LogP contribution in [0.3, 0.4) is 0 Å². The predicted octanol–water partition coefficient (Wildman–Crippen LogP) is 4.07. The Hall–Kier alpha value is -2.77. The smallest absolute Gasteiger partial charge is 0.260 e. The number of anilines is 1. The summed E-state index contributed by atoms with van der Waals surface area (Å²) >= 11 is 5.88. The number of carbonyl (C=O) groups excluding carboxylic acids is 2. The Morgan fingerprint density at radius 3 is 2.15 bits per heavy atom. The molecule has 0 saturated carbocycles. The highest BCUT2D eigenvalue weighted by Gasteiger charge is 2.31. The lowest BCUT2D eigenvalue weighted by Gasteiger charge is -2.41. The molecule has 8 heteroatoms. The van der Waals surface area contributed by atoms with Crippen LogP contribution in [0.5, 0.6) is 11.5 Å². The molecule has 2 heterocycles. The minimum absolute atomic E-state index is 0.0160. The maximum Gasteiger partial charge on any atom is 0.260 e. The van der Waals surface area contributed by atoms with Crippen molar-refractivity contribution < 1.29 is 19.1 Å². The third-order valence-electron chi connectivity index (χ3n) is 6.77. The van der Waals surface area contributed by atoms with Gasteiger partial charge in [0.15, 0.2) is 6.61 Å². The molecule has 34 heavy (non-hydrogen) atoms. The van der Waals surface area contributed by atoms with Crippen molar-refractivity contribution in [3.8, 4) is 11.5 Å². The summed E-state index contributed by atoms with van der Waals surface area (Å²) in [5.41, 5.74) is 0.797. The highest BCUT2D eigenvalue weighted by molar-refractivity contribution is 6.30. The molecule has 0 atom stereocenters. The summed E-state index contributed by atoms with van der Waals surface area (Å²) in [6.07, 6.45) is 3.62. The number of amides is 2. The van der Waals surface area contributed by atoms with E-state index < -0.39 is 0 Å². The first kappa shape index (κ1) is 24.4. The van der Waals surface area contributed by atoms with Gasteiger partial charge >= 0.3 is 0 Å². The van der Waals surface area contributed by atoms with E-state index in [4.69, 9.17) is 21.1 Å². The van der Waals surface area contributed by atoms with E-state index in [0.717, 1.165) is 63.3 Å². The standard InChI is InChI=1S/C26H32ClN3O4/c1-33-23-8-4-21(5-9-23)28-26(32)19-10-14-29(15-11-19)22-12-16-30(17-13-22)25(31)18-34-24-6-2-20(27)3-7-24/h2-9,19,22H,10-18H2,1H3,(H,28,32). The second kappa shape index (κ2) is 11.6. The zero-order valence-electron chi connectivity index (χ0n) is 19.5. The molecule has 2 aromatic rings. The van der Waals surface area contributed by atoms with Crippen LogP contribution in [0.2, 0.25) is 5.02 Å². The maximum absolute atomic E-state index is 12.7. The van der Waals surface area contributed by atoms with Gasteiger partial charge in [-0.1, -0.05) is 11.6 Å². The van der Waals surface area contributed by atoms with Gasteiger partial charge < -0.3 is 24.6 Å². The molecule has 0 radical (unpaired) electrons. The molecule has 0 aliphatic carbocycles. The molecule has 2 amide bonds. The van der Waals surface area contributed by atoms with E-state index in [-0.39, 0.29) is 24.3 Å². The summed E-state index contributed by atoms with van der Waals surface area (Å²) in [5.74, 6) is 1.55. The van der Waals surface area contributed by atoms with Crippen LogP contribution < -0.4 is 14.8 Å². The molecule has 0 bridgehead atoms. The number of methoxy groups -OCH3 is 1. The Bertz CT molecular complexity index is 951. The number of rotatable bonds is 7. The van der Waals surface area contributed by atoms with Crippen molar-refractivity contribution in [3.05, 3.63) is 53.6 Å². The Labute approximate surface area is 206 Å². The summed E-state index contributed by atoms with van der Waals surface area (Å²) in [7, 11) is 1.63. The van der Waals surface area contributed by atoms with Crippen LogP contribution >= 0.6 is 11.6 Å². The van der Waals surface area contributed by atoms with Crippen LogP contribution in [0, 0.1) is 5.92 Å². The number of carbonyl (C=O) groups is 2. The zero-order valence-corrected chi connectivity index (χ0v) is 20.3. The second-order valence-corrected chi connectivity index (χ2v) is 9.32. The van der Waals surface area contributed by atoms with Gasteiger partial charge in [-0.25, -0.2) is 0 Å². The number of benzene rings is 2. The van der Waals surface area contributed by atoms with Crippen LogP contribution in [-0.2, 0) is 9.59 Å². The molecule has 2 aliphatic heterocycles. The molecule has 1 N–H and O–H groups in total. The number of nitrogens with one attached hydrogen (secondary N) is 1. The van der Waals surface area contributed by atoms with E-state index in [0.29, 0.717) is 16.8 Å². The SMILES string of the molecule is COc1ccc(NC(=O)C2CCN(C3CCN(C(=O)COc4ccc(Cl)cc4)CC3)CC2)cc1. The lowest BCUT2D eigenvalue weighted by atomic mass is 9.92. The first-order valence-electron chi connectivity index (χ1n) is 11.9. The van der Waals surface area contributed by atoms with E-state index in [2.05, 4.69) is 10.2 Å². The van der Waals surface area contributed by atoms with Gasteiger partial charge in [-0.15, -0.1) is 0 Å². The molecule has 2 saturated heterocycles. The number of ether oxygens (including phenoxy) is 2. The van der Waals surface area contributed by atoms with Gasteiger partial charge in [0.1, 0.15) is 11.5 Å². The number of piperidine rings is 2. The lowest BCUT2D eigenvalue weighted by Crippen LogP contribution is -2.50. The first-order valence-corrected chi connectivity index (χ1v) is 12.2. The Morgan fingerprint density at radius 2 is 1.53 bits per heavy atom. The summed E-state index contributed by atoms with van der Waals surface area (Å²) in [4.78, 5) is 29.6. The molecular formula is C26H32ClN3O4. The third kappa shape index (κ3) is 6.42. The lowest BCUT2D eigenvalue weighted by molar-refractivity contribution is -0.135. The molecular weight excluding hydrogens is 454 g/mol. The van der Waals surface area contributed by atoms with Crippen molar-refractivity contribution >= 4 is 29.1 Å². The number of hydrogen-bond acceptors (Lipinski definition) is 5. The fraction of sp³-hybridized carbons (Fsp3) is 0.462. The predicted molar refractivity (Wildman–Crippen MR) is 132 cm³/mol. The average Bonchev–Trinajstić information content (AvgIpc) is 2.89. The first-order chi connectivity index (χ1) is 16.5. The van der Waals surface area contributed by atoms with Gasteiger partial charge in [0.25, 0.3) is 5.91 Å². The largest absolute Gasteiger partial charge is 0.497 e. The number of halogens is 1. The van der Waals surface area contributed by atoms with Crippen LogP contribution in [0.25, 0.3) is 0 Å².